The molecule has 0 aliphatic heterocycles. The molecule has 0 radical (unpaired) electrons. The van der Waals surface area contributed by atoms with Crippen molar-refractivity contribution in [1.82, 2.24) is 0 Å². The van der Waals surface area contributed by atoms with E-state index in [9.17, 15) is 9.59 Å². The van der Waals surface area contributed by atoms with Crippen molar-refractivity contribution in [2.24, 2.45) is 10.8 Å². The lowest BCUT2D eigenvalue weighted by molar-refractivity contribution is -0.194. The van der Waals surface area contributed by atoms with Gasteiger partial charge in [-0.15, -0.1) is 0 Å². The molecule has 5 heteroatoms. The van der Waals surface area contributed by atoms with Crippen molar-refractivity contribution in [3.8, 4) is 0 Å². The van der Waals surface area contributed by atoms with Gasteiger partial charge >= 0.3 is 11.9 Å². The summed E-state index contributed by atoms with van der Waals surface area (Å²) < 4.78 is 16.4. The molecular weight excluding hydrogens is 308 g/mol. The van der Waals surface area contributed by atoms with Gasteiger partial charge in [-0.05, 0) is 46.0 Å². The van der Waals surface area contributed by atoms with Crippen LogP contribution >= 0.6 is 0 Å². The number of methoxy groups -OCH3 is 1. The number of carbonyl (C=O) groups is 2. The van der Waals surface area contributed by atoms with Gasteiger partial charge in [0.05, 0.1) is 12.0 Å². The fourth-order valence-electron chi connectivity index (χ4n) is 3.24. The van der Waals surface area contributed by atoms with Crippen LogP contribution in [0.25, 0.3) is 0 Å². The minimum atomic E-state index is -0.585. The molecular formula is C19H34O5. The van der Waals surface area contributed by atoms with E-state index in [1.54, 1.807) is 7.11 Å². The topological polar surface area (TPSA) is 61.8 Å². The Labute approximate surface area is 146 Å². The van der Waals surface area contributed by atoms with E-state index in [1.165, 1.54) is 0 Å². The molecule has 1 aliphatic rings. The second-order valence-corrected chi connectivity index (χ2v) is 8.16. The van der Waals surface area contributed by atoms with Gasteiger partial charge in [-0.2, -0.15) is 0 Å². The first-order valence-corrected chi connectivity index (χ1v) is 8.98. The first-order valence-electron chi connectivity index (χ1n) is 8.98. The Balaban J connectivity index is 2.74. The predicted molar refractivity (Wildman–Crippen MR) is 92.6 cm³/mol. The van der Waals surface area contributed by atoms with Gasteiger partial charge in [-0.3, -0.25) is 4.79 Å². The molecule has 1 saturated carbocycles. The highest BCUT2D eigenvalue weighted by Gasteiger charge is 2.49. The number of hydrogen-bond acceptors (Lipinski definition) is 5. The number of hydrogen-bond donors (Lipinski definition) is 0. The number of rotatable bonds is 8. The zero-order valence-corrected chi connectivity index (χ0v) is 16.2. The van der Waals surface area contributed by atoms with Gasteiger partial charge in [0.2, 0.25) is 0 Å². The first kappa shape index (κ1) is 20.9. The van der Waals surface area contributed by atoms with Crippen molar-refractivity contribution in [2.75, 3.05) is 20.3 Å². The average molecular weight is 342 g/mol. The largest absolute Gasteiger partial charge is 0.456 e. The Bertz CT molecular complexity index is 433. The van der Waals surface area contributed by atoms with Crippen molar-refractivity contribution in [2.45, 2.75) is 78.7 Å². The van der Waals surface area contributed by atoms with Crippen molar-refractivity contribution >= 4 is 11.9 Å². The van der Waals surface area contributed by atoms with Crippen molar-refractivity contribution in [3.63, 3.8) is 0 Å². The highest BCUT2D eigenvalue weighted by Crippen LogP contribution is 2.45. The summed E-state index contributed by atoms with van der Waals surface area (Å²) in [6.07, 6.45) is 5.52. The maximum atomic E-state index is 12.3. The van der Waals surface area contributed by atoms with Gasteiger partial charge in [-0.25, -0.2) is 4.79 Å². The van der Waals surface area contributed by atoms with Crippen LogP contribution in [-0.4, -0.2) is 37.9 Å². The van der Waals surface area contributed by atoms with Gasteiger partial charge in [0.1, 0.15) is 5.60 Å². The summed E-state index contributed by atoms with van der Waals surface area (Å²) in [6.45, 7) is 9.87. The van der Waals surface area contributed by atoms with E-state index in [4.69, 9.17) is 14.2 Å². The van der Waals surface area contributed by atoms with Gasteiger partial charge in [0.15, 0.2) is 6.61 Å². The van der Waals surface area contributed by atoms with E-state index < -0.39 is 17.0 Å². The molecule has 1 rings (SSSR count). The molecule has 24 heavy (non-hydrogen) atoms. The summed E-state index contributed by atoms with van der Waals surface area (Å²) in [4.78, 5) is 24.4. The summed E-state index contributed by atoms with van der Waals surface area (Å²) >= 11 is 0. The third-order valence-corrected chi connectivity index (χ3v) is 5.47. The molecule has 0 aromatic heterocycles. The summed E-state index contributed by atoms with van der Waals surface area (Å²) in [5.41, 5.74) is -1.42. The molecule has 0 spiro atoms. The Morgan fingerprint density at radius 1 is 1.04 bits per heavy atom. The lowest BCUT2D eigenvalue weighted by Gasteiger charge is -2.47. The Hall–Kier alpha value is -1.10. The number of esters is 2. The van der Waals surface area contributed by atoms with E-state index in [2.05, 4.69) is 13.8 Å². The lowest BCUT2D eigenvalue weighted by atomic mass is 9.67. The maximum absolute atomic E-state index is 12.3. The van der Waals surface area contributed by atoms with Crippen molar-refractivity contribution < 1.29 is 23.8 Å². The van der Waals surface area contributed by atoms with Gasteiger partial charge in [0.25, 0.3) is 0 Å². The second kappa shape index (κ2) is 8.32. The van der Waals surface area contributed by atoms with Gasteiger partial charge in [-0.1, -0.05) is 27.2 Å². The summed E-state index contributed by atoms with van der Waals surface area (Å²) in [7, 11) is 1.66. The molecule has 0 atom stereocenters. The maximum Gasteiger partial charge on any atom is 0.344 e. The minimum Gasteiger partial charge on any atom is -0.456 e. The van der Waals surface area contributed by atoms with Crippen LogP contribution in [0, 0.1) is 10.8 Å². The second-order valence-electron chi connectivity index (χ2n) is 8.16. The Morgan fingerprint density at radius 2 is 1.62 bits per heavy atom. The first-order chi connectivity index (χ1) is 11.1. The number of ether oxygens (including phenoxy) is 3. The van der Waals surface area contributed by atoms with Crippen molar-refractivity contribution in [1.29, 1.82) is 0 Å². The Kier molecular flexibility index (Phi) is 7.26. The summed E-state index contributed by atoms with van der Waals surface area (Å²) in [5.74, 6) is -0.836. The summed E-state index contributed by atoms with van der Waals surface area (Å²) in [6, 6.07) is 0. The lowest BCUT2D eigenvalue weighted by Crippen LogP contribution is -2.52. The average Bonchev–Trinajstić information content (AvgIpc) is 2.53. The van der Waals surface area contributed by atoms with Crippen LogP contribution in [-0.2, 0) is 23.8 Å². The van der Waals surface area contributed by atoms with Crippen LogP contribution < -0.4 is 0 Å². The monoisotopic (exact) mass is 342 g/mol. The summed E-state index contributed by atoms with van der Waals surface area (Å²) in [5, 5.41) is 0. The molecule has 0 aromatic rings. The zero-order valence-electron chi connectivity index (χ0n) is 16.2. The zero-order chi connectivity index (χ0) is 18.4. The van der Waals surface area contributed by atoms with E-state index in [0.29, 0.717) is 13.0 Å². The van der Waals surface area contributed by atoms with E-state index in [-0.39, 0.29) is 18.0 Å². The van der Waals surface area contributed by atoms with Crippen LogP contribution in [0.2, 0.25) is 0 Å². The van der Waals surface area contributed by atoms with Gasteiger partial charge < -0.3 is 14.2 Å². The molecule has 1 aliphatic carbocycles. The third-order valence-electron chi connectivity index (χ3n) is 5.47. The highest BCUT2D eigenvalue weighted by atomic mass is 16.6. The fraction of sp³-hybridized carbons (Fsp3) is 0.895. The molecule has 5 nitrogen and oxygen atoms in total. The van der Waals surface area contributed by atoms with E-state index >= 15 is 0 Å². The molecule has 140 valence electrons. The highest BCUT2D eigenvalue weighted by molar-refractivity contribution is 5.80. The molecule has 0 aromatic carbocycles. The molecule has 0 N–H and O–H groups in total. The van der Waals surface area contributed by atoms with E-state index in [1.807, 2.05) is 20.8 Å². The predicted octanol–water partition coefficient (Wildman–Crippen LogP) is 3.88. The number of carbonyl (C=O) groups excluding carboxylic acids is 2. The molecule has 0 saturated heterocycles. The molecule has 1 fully saturated rings. The molecule has 0 heterocycles. The smallest absolute Gasteiger partial charge is 0.344 e. The van der Waals surface area contributed by atoms with Crippen LogP contribution in [0.5, 0.6) is 0 Å². The Morgan fingerprint density at radius 3 is 2.12 bits per heavy atom. The molecule has 0 bridgehead atoms. The van der Waals surface area contributed by atoms with Crippen LogP contribution in [0.1, 0.15) is 73.1 Å². The van der Waals surface area contributed by atoms with E-state index in [0.717, 1.165) is 32.1 Å². The van der Waals surface area contributed by atoms with Gasteiger partial charge in [0, 0.05) is 12.5 Å². The van der Waals surface area contributed by atoms with Crippen LogP contribution in [0.15, 0.2) is 0 Å². The van der Waals surface area contributed by atoms with Crippen molar-refractivity contribution in [3.05, 3.63) is 0 Å². The quantitative estimate of drug-likeness (QED) is 0.626. The van der Waals surface area contributed by atoms with Crippen LogP contribution in [0.3, 0.4) is 0 Å². The normalized spacial score (nSPS) is 18.1. The SMILES string of the molecule is CCC(C)(C)C(=O)OCC(=O)OC1(C(C)(C)COC)CCCCC1. The molecule has 0 amide bonds. The third kappa shape index (κ3) is 4.95. The minimum absolute atomic E-state index is 0.287. The fourth-order valence-corrected chi connectivity index (χ4v) is 3.24. The molecule has 0 unspecified atom stereocenters. The van der Waals surface area contributed by atoms with Crippen LogP contribution in [0.4, 0.5) is 0 Å². The standard InChI is InChI=1S/C19H34O5/c1-7-17(2,3)16(21)23-13-15(20)24-19(11-9-8-10-12-19)18(4,5)14-22-6/h7-14H2,1-6H3.